The maximum absolute atomic E-state index is 13.0. The summed E-state index contributed by atoms with van der Waals surface area (Å²) in [5, 5.41) is 14.1. The molecule has 0 saturated carbocycles. The van der Waals surface area contributed by atoms with Gasteiger partial charge in [-0.15, -0.1) is 0 Å². The van der Waals surface area contributed by atoms with Gasteiger partial charge in [0.25, 0.3) is 0 Å². The first-order valence-electron chi connectivity index (χ1n) is 31.6. The van der Waals surface area contributed by atoms with Crippen molar-refractivity contribution in [2.45, 2.75) is 341 Å². The second-order valence-electron chi connectivity index (χ2n) is 23.1. The average Bonchev–Trinajstić information content (AvgIpc) is 3.33. The van der Waals surface area contributed by atoms with Gasteiger partial charge in [0, 0.05) is 6.42 Å². The first kappa shape index (κ1) is 70.2. The molecule has 0 aliphatic carbocycles. The van der Waals surface area contributed by atoms with E-state index in [0.29, 0.717) is 23.9 Å². The highest BCUT2D eigenvalue weighted by Gasteiger charge is 2.28. The maximum atomic E-state index is 13.0. The number of carbonyl (C=O) groups excluding carboxylic acids is 1. The molecule has 0 bridgehead atoms. The van der Waals surface area contributed by atoms with Gasteiger partial charge >= 0.3 is 7.82 Å². The molecule has 0 fully saturated rings. The van der Waals surface area contributed by atoms with Gasteiger partial charge in [0.2, 0.25) is 5.91 Å². The number of aliphatic hydroxyl groups is 1. The number of likely N-dealkylation sites (N-methyl/N-ethyl adjacent to an activating group) is 1. The molecule has 0 saturated heterocycles. The summed E-state index contributed by atoms with van der Waals surface area (Å²) in [7, 11) is 1.63. The van der Waals surface area contributed by atoms with Crippen molar-refractivity contribution in [2.24, 2.45) is 0 Å². The van der Waals surface area contributed by atoms with Crippen molar-refractivity contribution in [3.8, 4) is 0 Å². The van der Waals surface area contributed by atoms with E-state index in [1.165, 1.54) is 263 Å². The first-order valence-corrected chi connectivity index (χ1v) is 33.0. The van der Waals surface area contributed by atoms with Crippen LogP contribution in [-0.4, -0.2) is 73.4 Å². The number of phosphoric ester groups is 1. The molecular formula is C62H126N2O6P+. The number of hydrogen-bond acceptors (Lipinski definition) is 5. The van der Waals surface area contributed by atoms with Crippen molar-refractivity contribution in [1.29, 1.82) is 0 Å². The van der Waals surface area contributed by atoms with E-state index in [2.05, 4.69) is 31.3 Å². The molecule has 0 aromatic carbocycles. The van der Waals surface area contributed by atoms with E-state index in [-0.39, 0.29) is 19.1 Å². The summed E-state index contributed by atoms with van der Waals surface area (Å²) in [6.45, 7) is 4.95. The zero-order valence-corrected chi connectivity index (χ0v) is 49.4. The van der Waals surface area contributed by atoms with Crippen LogP contribution in [0, 0.1) is 0 Å². The lowest BCUT2D eigenvalue weighted by Gasteiger charge is -2.26. The minimum Gasteiger partial charge on any atom is -0.391 e. The van der Waals surface area contributed by atoms with Gasteiger partial charge in [0.15, 0.2) is 0 Å². The summed E-state index contributed by atoms with van der Waals surface area (Å²) < 4.78 is 23.8. The Balaban J connectivity index is 4.04. The lowest BCUT2D eigenvalue weighted by Crippen LogP contribution is -2.46. The van der Waals surface area contributed by atoms with Gasteiger partial charge in [-0.05, 0) is 38.5 Å². The van der Waals surface area contributed by atoms with Gasteiger partial charge < -0.3 is 19.8 Å². The third-order valence-electron chi connectivity index (χ3n) is 14.8. The highest BCUT2D eigenvalue weighted by Crippen LogP contribution is 2.43. The Kier molecular flexibility index (Phi) is 53.5. The van der Waals surface area contributed by atoms with Crippen LogP contribution in [0.15, 0.2) is 12.2 Å². The zero-order valence-electron chi connectivity index (χ0n) is 48.5. The quantitative estimate of drug-likeness (QED) is 0.0243. The molecular weight excluding hydrogens is 900 g/mol. The number of hydrogen-bond donors (Lipinski definition) is 3. The first-order chi connectivity index (χ1) is 34.5. The average molecular weight is 1030 g/mol. The maximum Gasteiger partial charge on any atom is 0.472 e. The van der Waals surface area contributed by atoms with Gasteiger partial charge in [0.1, 0.15) is 13.2 Å². The van der Waals surface area contributed by atoms with Crippen LogP contribution < -0.4 is 5.32 Å². The van der Waals surface area contributed by atoms with Crippen molar-refractivity contribution in [1.82, 2.24) is 5.32 Å². The van der Waals surface area contributed by atoms with Crippen LogP contribution in [0.25, 0.3) is 0 Å². The molecule has 0 spiro atoms. The molecule has 0 aromatic rings. The summed E-state index contributed by atoms with van der Waals surface area (Å²) >= 11 is 0. The lowest BCUT2D eigenvalue weighted by molar-refractivity contribution is -0.870. The number of rotatable bonds is 59. The number of amides is 1. The number of quaternary nitrogens is 1. The van der Waals surface area contributed by atoms with E-state index in [4.69, 9.17) is 9.05 Å². The fourth-order valence-electron chi connectivity index (χ4n) is 9.81. The van der Waals surface area contributed by atoms with Crippen LogP contribution >= 0.6 is 7.82 Å². The summed E-state index contributed by atoms with van der Waals surface area (Å²) in [6, 6.07) is -0.758. The molecule has 0 heterocycles. The number of unbranched alkanes of at least 4 members (excludes halogenated alkanes) is 44. The Bertz CT molecular complexity index is 1160. The number of allylic oxidation sites excluding steroid dienone is 2. The lowest BCUT2D eigenvalue weighted by atomic mass is 10.0. The zero-order chi connectivity index (χ0) is 52.0. The van der Waals surface area contributed by atoms with Crippen LogP contribution in [0.5, 0.6) is 0 Å². The fourth-order valence-corrected chi connectivity index (χ4v) is 10.5. The summed E-state index contributed by atoms with van der Waals surface area (Å²) in [5.41, 5.74) is 0. The Labute approximate surface area is 443 Å². The van der Waals surface area contributed by atoms with E-state index in [9.17, 15) is 19.4 Å². The summed E-state index contributed by atoms with van der Waals surface area (Å²) in [4.78, 5) is 23.4. The summed E-state index contributed by atoms with van der Waals surface area (Å²) in [5.74, 6) is -0.137. The summed E-state index contributed by atoms with van der Waals surface area (Å²) in [6.07, 6.45) is 67.2. The van der Waals surface area contributed by atoms with E-state index in [1.807, 2.05) is 21.1 Å². The molecule has 0 aliphatic heterocycles. The molecule has 71 heavy (non-hydrogen) atoms. The molecule has 9 heteroatoms. The molecule has 3 unspecified atom stereocenters. The van der Waals surface area contributed by atoms with Crippen molar-refractivity contribution >= 4 is 13.7 Å². The smallest absolute Gasteiger partial charge is 0.391 e. The minimum atomic E-state index is -4.32. The highest BCUT2D eigenvalue weighted by atomic mass is 31.2. The molecule has 8 nitrogen and oxygen atoms in total. The van der Waals surface area contributed by atoms with E-state index < -0.39 is 20.0 Å². The van der Waals surface area contributed by atoms with Crippen molar-refractivity contribution < 1.29 is 32.9 Å². The molecule has 424 valence electrons. The standard InChI is InChI=1S/C62H125N2O6P/c1-6-8-10-12-14-16-18-20-22-24-26-27-28-29-30-31-32-33-34-35-36-38-40-42-44-46-48-50-52-54-56-62(66)63-60(59-70-71(67,68)69-58-57-64(3,4)5)61(65)55-53-51-49-47-45-43-41-39-37-25-23-21-19-17-15-13-11-9-7-2/h29-30,60-61,65H,6-28,31-59H2,1-5H3,(H-,63,66,67,68)/p+1/b30-29-. The van der Waals surface area contributed by atoms with Gasteiger partial charge in [-0.1, -0.05) is 296 Å². The topological polar surface area (TPSA) is 105 Å². The van der Waals surface area contributed by atoms with Crippen LogP contribution in [0.4, 0.5) is 0 Å². The van der Waals surface area contributed by atoms with E-state index in [1.54, 1.807) is 0 Å². The van der Waals surface area contributed by atoms with Gasteiger partial charge in [-0.2, -0.15) is 0 Å². The minimum absolute atomic E-state index is 0.0777. The third kappa shape index (κ3) is 56.8. The monoisotopic (exact) mass is 1030 g/mol. The Morgan fingerprint density at radius 1 is 0.465 bits per heavy atom. The van der Waals surface area contributed by atoms with Crippen LogP contribution in [0.1, 0.15) is 328 Å². The third-order valence-corrected chi connectivity index (χ3v) is 15.7. The predicted octanol–water partition coefficient (Wildman–Crippen LogP) is 19.4. The Morgan fingerprint density at radius 2 is 0.761 bits per heavy atom. The number of phosphoric acid groups is 1. The molecule has 0 aliphatic rings. The number of carbonyl (C=O) groups is 1. The fraction of sp³-hybridized carbons (Fsp3) is 0.952. The van der Waals surface area contributed by atoms with Crippen molar-refractivity contribution in [3.63, 3.8) is 0 Å². The molecule has 0 radical (unpaired) electrons. The second-order valence-corrected chi connectivity index (χ2v) is 24.6. The predicted molar refractivity (Wildman–Crippen MR) is 309 cm³/mol. The van der Waals surface area contributed by atoms with Gasteiger partial charge in [0.05, 0.1) is 39.9 Å². The second kappa shape index (κ2) is 54.0. The van der Waals surface area contributed by atoms with Gasteiger partial charge in [-0.3, -0.25) is 13.8 Å². The Morgan fingerprint density at radius 3 is 1.08 bits per heavy atom. The van der Waals surface area contributed by atoms with Crippen LogP contribution in [-0.2, 0) is 18.4 Å². The molecule has 1 amide bonds. The van der Waals surface area contributed by atoms with E-state index >= 15 is 0 Å². The number of nitrogens with one attached hydrogen (secondary N) is 1. The number of nitrogens with zero attached hydrogens (tertiary/aromatic N) is 1. The van der Waals surface area contributed by atoms with Crippen molar-refractivity contribution in [3.05, 3.63) is 12.2 Å². The Hall–Kier alpha value is -0.760. The number of aliphatic hydroxyl groups excluding tert-OH is 1. The molecule has 0 aromatic heterocycles. The van der Waals surface area contributed by atoms with E-state index in [0.717, 1.165) is 38.5 Å². The molecule has 3 N–H and O–H groups in total. The van der Waals surface area contributed by atoms with Gasteiger partial charge in [-0.25, -0.2) is 4.57 Å². The normalized spacial score (nSPS) is 13.8. The molecule has 3 atom stereocenters. The largest absolute Gasteiger partial charge is 0.472 e. The highest BCUT2D eigenvalue weighted by molar-refractivity contribution is 7.47. The SMILES string of the molecule is CCCCCCCCCCCCCC/C=C\CCCCCCCCCCCCCCCCC(=O)NC(COP(=O)(O)OCC[N+](C)(C)C)C(O)CCCCCCCCCCCCCCCCCCCCC. The van der Waals surface area contributed by atoms with Crippen LogP contribution in [0.2, 0.25) is 0 Å². The van der Waals surface area contributed by atoms with Crippen LogP contribution in [0.3, 0.4) is 0 Å². The molecule has 0 rings (SSSR count). The van der Waals surface area contributed by atoms with Crippen molar-refractivity contribution in [2.75, 3.05) is 40.9 Å².